The average Bonchev–Trinajstić information content (AvgIpc) is 2.65. The lowest BCUT2D eigenvalue weighted by atomic mass is 10.2. The molecule has 0 unspecified atom stereocenters. The lowest BCUT2D eigenvalue weighted by Gasteiger charge is -2.07. The molecule has 3 nitrogen and oxygen atoms in total. The van der Waals surface area contributed by atoms with Crippen molar-refractivity contribution in [2.75, 3.05) is 0 Å². The fraction of sp³-hybridized carbons (Fsp3) is 0.273. The summed E-state index contributed by atoms with van der Waals surface area (Å²) in [7, 11) is 0. The van der Waals surface area contributed by atoms with E-state index in [1.807, 2.05) is 6.92 Å². The Kier molecular flexibility index (Phi) is 3.33. The van der Waals surface area contributed by atoms with Gasteiger partial charge in [-0.3, -0.25) is 9.67 Å². The van der Waals surface area contributed by atoms with Crippen molar-refractivity contribution in [2.45, 2.75) is 19.8 Å². The molecule has 1 heterocycles. The lowest BCUT2D eigenvalue weighted by Crippen LogP contribution is -2.05. The first-order valence-corrected chi connectivity index (χ1v) is 5.66. The molecule has 0 atom stereocenters. The van der Waals surface area contributed by atoms with Crippen molar-refractivity contribution in [3.63, 3.8) is 0 Å². The summed E-state index contributed by atoms with van der Waals surface area (Å²) in [6, 6.07) is 3.99. The van der Waals surface area contributed by atoms with Crippen LogP contribution in [0.3, 0.4) is 0 Å². The Morgan fingerprint density at radius 1 is 1.41 bits per heavy atom. The first-order chi connectivity index (χ1) is 8.15. The number of nitrogens with one attached hydrogen (secondary N) is 1. The Morgan fingerprint density at radius 2 is 2.18 bits per heavy atom. The van der Waals surface area contributed by atoms with Gasteiger partial charge in [0, 0.05) is 6.42 Å². The Morgan fingerprint density at radius 3 is 2.88 bits per heavy atom. The highest BCUT2D eigenvalue weighted by atomic mass is 32.1. The van der Waals surface area contributed by atoms with Crippen LogP contribution in [0.25, 0.3) is 5.69 Å². The van der Waals surface area contributed by atoms with Crippen LogP contribution >= 0.6 is 12.2 Å². The molecule has 17 heavy (non-hydrogen) atoms. The second-order valence-corrected chi connectivity index (χ2v) is 3.99. The third-order valence-electron chi connectivity index (χ3n) is 2.39. The van der Waals surface area contributed by atoms with Gasteiger partial charge in [-0.1, -0.05) is 13.0 Å². The molecule has 0 fully saturated rings. The van der Waals surface area contributed by atoms with Gasteiger partial charge in [0.15, 0.2) is 16.4 Å². The monoisotopic (exact) mass is 255 g/mol. The quantitative estimate of drug-likeness (QED) is 0.855. The van der Waals surface area contributed by atoms with E-state index in [4.69, 9.17) is 12.2 Å². The predicted molar refractivity (Wildman–Crippen MR) is 62.7 cm³/mol. The van der Waals surface area contributed by atoms with Gasteiger partial charge >= 0.3 is 0 Å². The van der Waals surface area contributed by atoms with E-state index in [2.05, 4.69) is 10.2 Å². The van der Waals surface area contributed by atoms with E-state index in [0.29, 0.717) is 12.2 Å². The molecular formula is C11H11F2N3S. The third kappa shape index (κ3) is 2.12. The molecular weight excluding hydrogens is 244 g/mol. The third-order valence-corrected chi connectivity index (χ3v) is 2.66. The van der Waals surface area contributed by atoms with E-state index >= 15 is 0 Å². The second-order valence-electron chi connectivity index (χ2n) is 3.60. The van der Waals surface area contributed by atoms with Crippen LogP contribution < -0.4 is 0 Å². The predicted octanol–water partition coefficient (Wildman–Crippen LogP) is 3.16. The molecule has 0 amide bonds. The van der Waals surface area contributed by atoms with Crippen LogP contribution in [-0.4, -0.2) is 14.8 Å². The molecule has 2 rings (SSSR count). The van der Waals surface area contributed by atoms with Gasteiger partial charge in [0.05, 0.1) is 5.69 Å². The smallest absolute Gasteiger partial charge is 0.199 e. The van der Waals surface area contributed by atoms with Crippen molar-refractivity contribution in [3.05, 3.63) is 40.4 Å². The lowest BCUT2D eigenvalue weighted by molar-refractivity contribution is 0.503. The van der Waals surface area contributed by atoms with Gasteiger partial charge in [0.1, 0.15) is 5.82 Å². The maximum Gasteiger partial charge on any atom is 0.199 e. The zero-order chi connectivity index (χ0) is 12.4. The molecule has 0 aliphatic rings. The standard InChI is InChI=1S/C11H11F2N3S/c1-2-4-9-14-15-11(17)16(9)8-6-3-5-7(12)10(8)13/h3,5-6H,2,4H2,1H3,(H,15,17). The number of benzene rings is 1. The minimum atomic E-state index is -0.914. The molecule has 0 bridgehead atoms. The zero-order valence-corrected chi connectivity index (χ0v) is 10.0. The number of aromatic amines is 1. The molecule has 0 saturated heterocycles. The van der Waals surface area contributed by atoms with Crippen LogP contribution in [-0.2, 0) is 6.42 Å². The van der Waals surface area contributed by atoms with Crippen LogP contribution in [0.15, 0.2) is 18.2 Å². The normalized spacial score (nSPS) is 10.8. The van der Waals surface area contributed by atoms with Crippen molar-refractivity contribution in [3.8, 4) is 5.69 Å². The number of rotatable bonds is 3. The second kappa shape index (κ2) is 4.75. The molecule has 0 saturated carbocycles. The Labute approximate surface area is 102 Å². The molecule has 0 radical (unpaired) electrons. The van der Waals surface area contributed by atoms with E-state index in [1.54, 1.807) is 0 Å². The van der Waals surface area contributed by atoms with Crippen LogP contribution in [0.2, 0.25) is 0 Å². The Bertz CT molecular complexity index is 589. The number of hydrogen-bond acceptors (Lipinski definition) is 2. The van der Waals surface area contributed by atoms with Gasteiger partial charge in [-0.05, 0) is 30.8 Å². The maximum absolute atomic E-state index is 13.7. The molecule has 0 aliphatic carbocycles. The fourth-order valence-corrected chi connectivity index (χ4v) is 1.88. The largest absolute Gasteiger partial charge is 0.269 e. The first-order valence-electron chi connectivity index (χ1n) is 5.25. The number of aryl methyl sites for hydroxylation is 1. The van der Waals surface area contributed by atoms with Crippen molar-refractivity contribution in [1.29, 1.82) is 0 Å². The summed E-state index contributed by atoms with van der Waals surface area (Å²) in [5.41, 5.74) is 0.0900. The van der Waals surface area contributed by atoms with Gasteiger partial charge in [0.25, 0.3) is 0 Å². The summed E-state index contributed by atoms with van der Waals surface area (Å²) in [6.07, 6.45) is 1.49. The number of H-pyrrole nitrogens is 1. The SMILES string of the molecule is CCCc1n[nH]c(=S)n1-c1cccc(F)c1F. The summed E-state index contributed by atoms with van der Waals surface area (Å²) < 4.78 is 28.5. The molecule has 2 aromatic rings. The van der Waals surface area contributed by atoms with Gasteiger partial charge < -0.3 is 0 Å². The van der Waals surface area contributed by atoms with Gasteiger partial charge in [-0.25, -0.2) is 8.78 Å². The Balaban J connectivity index is 2.63. The number of aromatic nitrogens is 3. The minimum absolute atomic E-state index is 0.0900. The highest BCUT2D eigenvalue weighted by Gasteiger charge is 2.14. The molecule has 1 aromatic heterocycles. The molecule has 0 aliphatic heterocycles. The van der Waals surface area contributed by atoms with Crippen molar-refractivity contribution in [2.24, 2.45) is 0 Å². The van der Waals surface area contributed by atoms with E-state index < -0.39 is 11.6 Å². The summed E-state index contributed by atoms with van der Waals surface area (Å²) >= 11 is 5.03. The zero-order valence-electron chi connectivity index (χ0n) is 9.20. The summed E-state index contributed by atoms with van der Waals surface area (Å²) in [6.45, 7) is 1.98. The number of halogens is 2. The van der Waals surface area contributed by atoms with Crippen molar-refractivity contribution in [1.82, 2.24) is 14.8 Å². The van der Waals surface area contributed by atoms with Gasteiger partial charge in [-0.2, -0.15) is 5.10 Å². The van der Waals surface area contributed by atoms with Crippen LogP contribution in [0.5, 0.6) is 0 Å². The van der Waals surface area contributed by atoms with Gasteiger partial charge in [-0.15, -0.1) is 0 Å². The van der Waals surface area contributed by atoms with Crippen LogP contribution in [0.4, 0.5) is 8.78 Å². The topological polar surface area (TPSA) is 33.6 Å². The number of nitrogens with zero attached hydrogens (tertiary/aromatic N) is 2. The molecule has 1 aromatic carbocycles. The van der Waals surface area contributed by atoms with Crippen molar-refractivity contribution >= 4 is 12.2 Å². The maximum atomic E-state index is 13.7. The van der Waals surface area contributed by atoms with Crippen LogP contribution in [0, 0.1) is 16.4 Å². The highest BCUT2D eigenvalue weighted by Crippen LogP contribution is 2.18. The van der Waals surface area contributed by atoms with E-state index in [9.17, 15) is 8.78 Å². The molecule has 90 valence electrons. The molecule has 6 heteroatoms. The molecule has 0 spiro atoms. The summed E-state index contributed by atoms with van der Waals surface area (Å²) in [5.74, 6) is -1.21. The van der Waals surface area contributed by atoms with E-state index in [-0.39, 0.29) is 10.5 Å². The van der Waals surface area contributed by atoms with E-state index in [0.717, 1.165) is 12.5 Å². The minimum Gasteiger partial charge on any atom is -0.269 e. The highest BCUT2D eigenvalue weighted by molar-refractivity contribution is 7.71. The molecule has 1 N–H and O–H groups in total. The first kappa shape index (κ1) is 11.9. The van der Waals surface area contributed by atoms with Crippen LogP contribution in [0.1, 0.15) is 19.2 Å². The fourth-order valence-electron chi connectivity index (χ4n) is 1.63. The summed E-state index contributed by atoms with van der Waals surface area (Å²) in [5, 5.41) is 6.60. The number of hydrogen-bond donors (Lipinski definition) is 1. The Hall–Kier alpha value is -1.56. The average molecular weight is 255 g/mol. The van der Waals surface area contributed by atoms with Gasteiger partial charge in [0.2, 0.25) is 0 Å². The van der Waals surface area contributed by atoms with E-state index in [1.165, 1.54) is 16.7 Å². The summed E-state index contributed by atoms with van der Waals surface area (Å²) in [4.78, 5) is 0. The van der Waals surface area contributed by atoms with Crippen molar-refractivity contribution < 1.29 is 8.78 Å².